The van der Waals surface area contributed by atoms with Crippen molar-refractivity contribution in [3.8, 4) is 6.07 Å². The minimum absolute atomic E-state index is 0.0687. The van der Waals surface area contributed by atoms with Crippen LogP contribution in [0.25, 0.3) is 5.65 Å². The molecule has 0 saturated heterocycles. The molecule has 0 spiro atoms. The van der Waals surface area contributed by atoms with Crippen molar-refractivity contribution in [3.05, 3.63) is 34.8 Å². The number of pyridine rings is 1. The molecule has 1 aliphatic carbocycles. The van der Waals surface area contributed by atoms with Gasteiger partial charge >= 0.3 is 6.18 Å². The lowest BCUT2D eigenvalue weighted by molar-refractivity contribution is -0.141. The minimum Gasteiger partial charge on any atom is -0.392 e. The summed E-state index contributed by atoms with van der Waals surface area (Å²) in [6.45, 7) is 1.37. The molecule has 1 fully saturated rings. The number of amides is 1. The van der Waals surface area contributed by atoms with Crippen LogP contribution in [0.1, 0.15) is 60.0 Å². The third-order valence-electron chi connectivity index (χ3n) is 5.34. The Morgan fingerprint density at radius 2 is 2.03 bits per heavy atom. The predicted octanol–water partition coefficient (Wildman–Crippen LogP) is 3.70. The van der Waals surface area contributed by atoms with Gasteiger partial charge in [-0.15, -0.1) is 0 Å². The molecule has 2 N–H and O–H groups in total. The zero-order valence-electron chi connectivity index (χ0n) is 16.6. The third kappa shape index (κ3) is 5.12. The molecule has 1 aliphatic rings. The van der Waals surface area contributed by atoms with Crippen molar-refractivity contribution in [2.24, 2.45) is 5.92 Å². The van der Waals surface area contributed by atoms with Gasteiger partial charge in [0.1, 0.15) is 17.4 Å². The van der Waals surface area contributed by atoms with Gasteiger partial charge in [0.15, 0.2) is 5.69 Å². The number of nitrogens with zero attached hydrogens (tertiary/aromatic N) is 3. The lowest BCUT2D eigenvalue weighted by atomic mass is 9.83. The first-order valence-electron chi connectivity index (χ1n) is 9.78. The minimum atomic E-state index is -4.82. The van der Waals surface area contributed by atoms with Crippen LogP contribution in [-0.2, 0) is 12.6 Å². The average Bonchev–Trinajstić information content (AvgIpc) is 3.05. The van der Waals surface area contributed by atoms with E-state index in [1.165, 1.54) is 6.92 Å². The Bertz CT molecular complexity index is 1010. The number of carbonyl (C=O) groups excluding carboxylic acids is 1. The molecule has 11 heteroatoms. The molecular weight excluding hydrogens is 423 g/mol. The molecule has 2 aromatic heterocycles. The Kier molecular flexibility index (Phi) is 6.23. The number of halogens is 5. The van der Waals surface area contributed by atoms with Gasteiger partial charge in [-0.3, -0.25) is 9.20 Å². The van der Waals surface area contributed by atoms with Gasteiger partial charge in [0.05, 0.1) is 11.8 Å². The van der Waals surface area contributed by atoms with Crippen LogP contribution in [0.3, 0.4) is 0 Å². The van der Waals surface area contributed by atoms with Crippen molar-refractivity contribution in [3.63, 3.8) is 0 Å². The number of fused-ring (bicyclic) bond motifs is 1. The molecule has 168 valence electrons. The quantitative estimate of drug-likeness (QED) is 0.688. The number of hydrogen-bond donors (Lipinski definition) is 2. The van der Waals surface area contributed by atoms with Crippen LogP contribution in [0.4, 0.5) is 22.0 Å². The molecule has 31 heavy (non-hydrogen) atoms. The first kappa shape index (κ1) is 22.9. The van der Waals surface area contributed by atoms with Crippen LogP contribution < -0.4 is 5.32 Å². The van der Waals surface area contributed by atoms with E-state index in [9.17, 15) is 37.1 Å². The summed E-state index contributed by atoms with van der Waals surface area (Å²) in [6.07, 6.45) is -6.46. The van der Waals surface area contributed by atoms with E-state index in [4.69, 9.17) is 0 Å². The van der Waals surface area contributed by atoms with E-state index in [1.807, 2.05) is 0 Å². The number of nitriles is 1. The maximum Gasteiger partial charge on any atom is 0.435 e. The summed E-state index contributed by atoms with van der Waals surface area (Å²) < 4.78 is 69.0. The fraction of sp³-hybridized carbons (Fsp3) is 0.550. The van der Waals surface area contributed by atoms with Crippen LogP contribution in [-0.4, -0.2) is 39.0 Å². The molecule has 3 rings (SSSR count). The van der Waals surface area contributed by atoms with Crippen molar-refractivity contribution in [2.75, 3.05) is 6.54 Å². The number of rotatable bonds is 5. The van der Waals surface area contributed by atoms with E-state index >= 15 is 0 Å². The number of carbonyl (C=O) groups is 1. The first-order chi connectivity index (χ1) is 14.4. The Hall–Kier alpha value is -2.74. The summed E-state index contributed by atoms with van der Waals surface area (Å²) in [4.78, 5) is 15.9. The number of hydrogen-bond acceptors (Lipinski definition) is 4. The number of aliphatic hydroxyl groups excluding tert-OH is 1. The number of aliphatic hydroxyl groups is 1. The fourth-order valence-electron chi connectivity index (χ4n) is 3.78. The van der Waals surface area contributed by atoms with Crippen LogP contribution in [0.15, 0.2) is 12.1 Å². The second kappa shape index (κ2) is 8.42. The second-order valence-electron chi connectivity index (χ2n) is 7.90. The van der Waals surface area contributed by atoms with Gasteiger partial charge in [0.2, 0.25) is 5.92 Å². The first-order valence-corrected chi connectivity index (χ1v) is 9.78. The van der Waals surface area contributed by atoms with E-state index in [-0.39, 0.29) is 48.4 Å². The largest absolute Gasteiger partial charge is 0.435 e. The number of imidazole rings is 1. The zero-order chi connectivity index (χ0) is 23.0. The van der Waals surface area contributed by atoms with Gasteiger partial charge in [-0.2, -0.15) is 18.4 Å². The Balaban J connectivity index is 2.04. The highest BCUT2D eigenvalue weighted by Gasteiger charge is 2.41. The lowest BCUT2D eigenvalue weighted by Crippen LogP contribution is -2.30. The van der Waals surface area contributed by atoms with E-state index in [1.54, 1.807) is 6.07 Å². The summed E-state index contributed by atoms with van der Waals surface area (Å²) in [6, 6.07) is 4.07. The molecule has 1 saturated carbocycles. The molecule has 0 radical (unpaired) electrons. The average molecular weight is 444 g/mol. The van der Waals surface area contributed by atoms with E-state index in [0.717, 1.165) is 16.5 Å². The Morgan fingerprint density at radius 3 is 2.58 bits per heavy atom. The predicted molar refractivity (Wildman–Crippen MR) is 99.5 cm³/mol. The molecule has 1 amide bonds. The highest BCUT2D eigenvalue weighted by Crippen LogP contribution is 2.40. The molecule has 0 aromatic carbocycles. The highest BCUT2D eigenvalue weighted by molar-refractivity contribution is 5.95. The molecule has 1 unspecified atom stereocenters. The smallest absolute Gasteiger partial charge is 0.392 e. The van der Waals surface area contributed by atoms with Gasteiger partial charge in [-0.05, 0) is 44.2 Å². The summed E-state index contributed by atoms with van der Waals surface area (Å²) in [7, 11) is 0. The fourth-order valence-corrected chi connectivity index (χ4v) is 3.78. The highest BCUT2D eigenvalue weighted by atomic mass is 19.4. The Labute approximate surface area is 174 Å². The van der Waals surface area contributed by atoms with Crippen molar-refractivity contribution < 1.29 is 31.9 Å². The summed E-state index contributed by atoms with van der Waals surface area (Å²) in [5, 5.41) is 21.2. The Morgan fingerprint density at radius 1 is 1.39 bits per heavy atom. The van der Waals surface area contributed by atoms with Gasteiger partial charge in [0, 0.05) is 24.9 Å². The van der Waals surface area contributed by atoms with Gasteiger partial charge in [-0.25, -0.2) is 13.8 Å². The molecule has 1 atom stereocenters. The monoisotopic (exact) mass is 444 g/mol. The van der Waals surface area contributed by atoms with E-state index in [0.29, 0.717) is 0 Å². The SMILES string of the molecule is CC(O)CNC(=O)c1cc(C#N)n2c(CC3CCC(F)(F)CC3)c(C(F)(F)F)nc2c1. The van der Waals surface area contributed by atoms with Crippen molar-refractivity contribution >= 4 is 11.6 Å². The number of nitrogens with one attached hydrogen (secondary N) is 1. The standard InChI is InChI=1S/C20H21F5N4O2/c1-11(30)10-27-18(31)13-7-14(9-26)29-15(6-12-2-4-19(21,22)5-3-12)17(20(23,24)25)28-16(29)8-13/h7-8,11-12,30H,2-6,10H2,1H3,(H,27,31). The molecule has 2 aromatic rings. The maximum atomic E-state index is 13.7. The number of aromatic nitrogens is 2. The molecular formula is C20H21F5N4O2. The van der Waals surface area contributed by atoms with E-state index < -0.39 is 48.6 Å². The maximum absolute atomic E-state index is 13.7. The van der Waals surface area contributed by atoms with E-state index in [2.05, 4.69) is 10.3 Å². The van der Waals surface area contributed by atoms with Crippen LogP contribution in [0.5, 0.6) is 0 Å². The second-order valence-corrected chi connectivity index (χ2v) is 7.90. The van der Waals surface area contributed by atoms with Crippen LogP contribution in [0.2, 0.25) is 0 Å². The molecule has 0 aliphatic heterocycles. The van der Waals surface area contributed by atoms with Gasteiger partial charge in [-0.1, -0.05) is 0 Å². The van der Waals surface area contributed by atoms with Crippen LogP contribution in [0, 0.1) is 17.2 Å². The van der Waals surface area contributed by atoms with Gasteiger partial charge < -0.3 is 10.4 Å². The normalized spacial score (nSPS) is 18.0. The summed E-state index contributed by atoms with van der Waals surface area (Å²) >= 11 is 0. The molecule has 0 bridgehead atoms. The third-order valence-corrected chi connectivity index (χ3v) is 5.34. The molecule has 2 heterocycles. The van der Waals surface area contributed by atoms with Crippen molar-refractivity contribution in [1.29, 1.82) is 5.26 Å². The summed E-state index contributed by atoms with van der Waals surface area (Å²) in [5.74, 6) is -3.89. The zero-order valence-corrected chi connectivity index (χ0v) is 16.6. The molecule has 6 nitrogen and oxygen atoms in total. The number of alkyl halides is 5. The van der Waals surface area contributed by atoms with Gasteiger partial charge in [0.25, 0.3) is 5.91 Å². The van der Waals surface area contributed by atoms with Crippen molar-refractivity contribution in [2.45, 2.75) is 57.2 Å². The van der Waals surface area contributed by atoms with Crippen LogP contribution >= 0.6 is 0 Å². The van der Waals surface area contributed by atoms with Crippen molar-refractivity contribution in [1.82, 2.24) is 14.7 Å². The summed E-state index contributed by atoms with van der Waals surface area (Å²) in [5.41, 5.74) is -2.00. The topological polar surface area (TPSA) is 90.4 Å². The lowest BCUT2D eigenvalue weighted by Gasteiger charge is -2.28.